The molecule has 114 valence electrons. The molecule has 5 nitrogen and oxygen atoms in total. The molecule has 0 aromatic heterocycles. The zero-order valence-electron chi connectivity index (χ0n) is 10.9. The van der Waals surface area contributed by atoms with E-state index in [-0.39, 0.29) is 15.8 Å². The van der Waals surface area contributed by atoms with Crippen molar-refractivity contribution >= 4 is 32.5 Å². The summed E-state index contributed by atoms with van der Waals surface area (Å²) in [5, 5.41) is 20.1. The van der Waals surface area contributed by atoms with E-state index in [1.54, 1.807) is 29.5 Å². The number of aliphatic imine (C=N–C) groups is 1. The molecule has 0 aliphatic heterocycles. The van der Waals surface area contributed by atoms with Gasteiger partial charge in [-0.1, -0.05) is 0 Å². The van der Waals surface area contributed by atoms with Crippen LogP contribution in [0.15, 0.2) is 28.0 Å². The Hall–Kier alpha value is -1.10. The minimum atomic E-state index is -4.78. The number of hydrogen-bond donors (Lipinski definition) is 4. The largest absolute Gasteiger partial charge is 0.431 e. The predicted octanol–water partition coefficient (Wildman–Crippen LogP) is 1.73. The predicted molar refractivity (Wildman–Crippen MR) is 81.2 cm³/mol. The highest BCUT2D eigenvalue weighted by Gasteiger charge is 2.36. The number of nitrogens with one attached hydrogen (secondary N) is 2. The van der Waals surface area contributed by atoms with Crippen LogP contribution in [0.3, 0.4) is 0 Å². The van der Waals surface area contributed by atoms with E-state index in [9.17, 15) is 18.3 Å². The van der Waals surface area contributed by atoms with Gasteiger partial charge in [-0.2, -0.15) is 13.2 Å². The van der Waals surface area contributed by atoms with E-state index in [1.165, 1.54) is 13.2 Å². The first-order valence-corrected chi connectivity index (χ1v) is 6.61. The van der Waals surface area contributed by atoms with Gasteiger partial charge in [-0.3, -0.25) is 10.4 Å². The van der Waals surface area contributed by atoms with E-state index < -0.39 is 23.6 Å². The van der Waals surface area contributed by atoms with Gasteiger partial charge in [-0.25, -0.2) is 0 Å². The third-order valence-electron chi connectivity index (χ3n) is 2.17. The average molecular weight is 404 g/mol. The van der Waals surface area contributed by atoms with Crippen molar-refractivity contribution in [3.8, 4) is 0 Å². The Morgan fingerprint density at radius 2 is 2.10 bits per heavy atom. The molecule has 0 radical (unpaired) electrons. The summed E-state index contributed by atoms with van der Waals surface area (Å²) in [5.74, 6) is 0. The molecule has 0 bridgehead atoms. The molecule has 0 aromatic carbocycles. The van der Waals surface area contributed by atoms with Crippen molar-refractivity contribution in [2.24, 2.45) is 10.7 Å². The molecule has 0 saturated carbocycles. The Morgan fingerprint density at radius 3 is 2.45 bits per heavy atom. The third-order valence-corrected chi connectivity index (χ3v) is 2.79. The summed E-state index contributed by atoms with van der Waals surface area (Å²) < 4.78 is 38.0. The van der Waals surface area contributed by atoms with E-state index in [1.807, 2.05) is 0 Å². The molecule has 0 rings (SSSR count). The molecule has 0 aliphatic carbocycles. The van der Waals surface area contributed by atoms with E-state index >= 15 is 0 Å². The van der Waals surface area contributed by atoms with Crippen LogP contribution in [0.1, 0.15) is 6.92 Å². The second-order valence-corrected chi connectivity index (χ2v) is 4.68. The lowest BCUT2D eigenvalue weighted by molar-refractivity contribution is -0.0938. The van der Waals surface area contributed by atoms with Crippen LogP contribution in [-0.2, 0) is 0 Å². The van der Waals surface area contributed by atoms with Crippen LogP contribution in [-0.4, -0.2) is 40.9 Å². The number of aliphatic hydroxyl groups is 1. The summed E-state index contributed by atoms with van der Waals surface area (Å²) in [6.45, 7) is 1.88. The highest BCUT2D eigenvalue weighted by Crippen LogP contribution is 2.27. The molecule has 0 aromatic rings. The summed E-state index contributed by atoms with van der Waals surface area (Å²) in [4.78, 5) is 3.69. The minimum absolute atomic E-state index is 0.0298. The van der Waals surface area contributed by atoms with E-state index in [0.29, 0.717) is 0 Å². The first kappa shape index (κ1) is 18.9. The van der Waals surface area contributed by atoms with Crippen molar-refractivity contribution in [2.75, 3.05) is 13.6 Å². The van der Waals surface area contributed by atoms with Crippen molar-refractivity contribution < 1.29 is 18.3 Å². The van der Waals surface area contributed by atoms with Gasteiger partial charge in [0.15, 0.2) is 0 Å². The fourth-order valence-electron chi connectivity index (χ4n) is 1.23. The van der Waals surface area contributed by atoms with Gasteiger partial charge in [-0.15, -0.1) is 0 Å². The van der Waals surface area contributed by atoms with Crippen LogP contribution in [0, 0.1) is 5.41 Å². The van der Waals surface area contributed by atoms with Gasteiger partial charge in [0.2, 0.25) is 0 Å². The van der Waals surface area contributed by atoms with Crippen molar-refractivity contribution in [3.05, 3.63) is 23.0 Å². The van der Waals surface area contributed by atoms with Crippen molar-refractivity contribution in [3.63, 3.8) is 0 Å². The lowest BCUT2D eigenvalue weighted by Gasteiger charge is -2.18. The summed E-state index contributed by atoms with van der Waals surface area (Å²) in [5.41, 5.74) is 3.01. The fraction of sp³-hybridized carbons (Fsp3) is 0.455. The molecule has 0 heterocycles. The van der Waals surface area contributed by atoms with Crippen LogP contribution in [0.25, 0.3) is 0 Å². The van der Waals surface area contributed by atoms with Gasteiger partial charge < -0.3 is 16.2 Å². The first-order valence-electron chi connectivity index (χ1n) is 5.53. The molecule has 1 unspecified atom stereocenters. The number of aliphatic hydroxyl groups excluding tert-OH is 1. The Kier molecular flexibility index (Phi) is 7.79. The Labute approximate surface area is 128 Å². The van der Waals surface area contributed by atoms with Crippen molar-refractivity contribution in [1.82, 2.24) is 5.32 Å². The molecule has 0 amide bonds. The summed E-state index contributed by atoms with van der Waals surface area (Å²) in [7, 11) is 1.50. The number of nitrogens with zero attached hydrogens (tertiary/aromatic N) is 1. The van der Waals surface area contributed by atoms with Gasteiger partial charge in [-0.05, 0) is 29.5 Å². The Morgan fingerprint density at radius 1 is 1.55 bits per heavy atom. The molecular weight excluding hydrogens is 388 g/mol. The zero-order valence-corrected chi connectivity index (χ0v) is 13.1. The summed E-state index contributed by atoms with van der Waals surface area (Å²) in [6.07, 6.45) is -4.35. The molecule has 0 fully saturated rings. The van der Waals surface area contributed by atoms with Gasteiger partial charge in [0.1, 0.15) is 11.8 Å². The summed E-state index contributed by atoms with van der Waals surface area (Å²) in [6, 6.07) is 0. The van der Waals surface area contributed by atoms with Gasteiger partial charge in [0, 0.05) is 37.2 Å². The standard InChI is InChI=1S/C11H16F3IN4O/c1-3-19-5-6(9(16)11(12,13)14)8(20)7(4-18-2)10(15)17/h4-5,8,17-18,20H,3,16H2,1-2H3/b7-4-,9-6?,17-10?,19-5?. The lowest BCUT2D eigenvalue weighted by atomic mass is 10.0. The van der Waals surface area contributed by atoms with Gasteiger partial charge >= 0.3 is 6.18 Å². The maximum atomic E-state index is 12.7. The minimum Gasteiger partial charge on any atom is -0.394 e. The average Bonchev–Trinajstić information content (AvgIpc) is 2.34. The van der Waals surface area contributed by atoms with Crippen molar-refractivity contribution in [1.29, 1.82) is 5.41 Å². The smallest absolute Gasteiger partial charge is 0.394 e. The van der Waals surface area contributed by atoms with Crippen LogP contribution < -0.4 is 11.1 Å². The molecule has 5 N–H and O–H groups in total. The highest BCUT2D eigenvalue weighted by molar-refractivity contribution is 14.1. The van der Waals surface area contributed by atoms with E-state index in [0.717, 1.165) is 6.21 Å². The number of rotatable bonds is 6. The maximum Gasteiger partial charge on any atom is 0.431 e. The second-order valence-electron chi connectivity index (χ2n) is 3.60. The lowest BCUT2D eigenvalue weighted by Crippen LogP contribution is -2.29. The van der Waals surface area contributed by atoms with Crippen LogP contribution in [0.2, 0.25) is 0 Å². The van der Waals surface area contributed by atoms with Crippen molar-refractivity contribution in [2.45, 2.75) is 19.2 Å². The van der Waals surface area contributed by atoms with E-state index in [2.05, 4.69) is 10.3 Å². The van der Waals surface area contributed by atoms with E-state index in [4.69, 9.17) is 11.1 Å². The maximum absolute atomic E-state index is 12.7. The topological polar surface area (TPSA) is 94.5 Å². The number of hydrogen-bond acceptors (Lipinski definition) is 5. The SMILES string of the molecule is CCN=CC(=C(N)C(F)(F)F)C(O)/C(=C/NC)C(=N)I. The Balaban J connectivity index is 5.84. The zero-order chi connectivity index (χ0) is 15.9. The number of nitrogens with two attached hydrogens (primary N) is 1. The first-order chi connectivity index (χ1) is 9.16. The molecule has 20 heavy (non-hydrogen) atoms. The number of allylic oxidation sites excluding steroid dienone is 1. The second kappa shape index (κ2) is 8.25. The molecule has 1 atom stereocenters. The molecule has 0 aliphatic rings. The highest BCUT2D eigenvalue weighted by atomic mass is 127. The molecule has 0 spiro atoms. The fourth-order valence-corrected chi connectivity index (χ4v) is 1.68. The van der Waals surface area contributed by atoms with Crippen LogP contribution >= 0.6 is 22.6 Å². The number of halogens is 4. The molecular formula is C11H16F3IN4O. The normalized spacial score (nSPS) is 16.1. The van der Waals surface area contributed by atoms with Gasteiger partial charge in [0.25, 0.3) is 0 Å². The van der Waals surface area contributed by atoms with Crippen LogP contribution in [0.5, 0.6) is 0 Å². The number of alkyl halides is 3. The third kappa shape index (κ3) is 5.49. The molecule has 9 heteroatoms. The van der Waals surface area contributed by atoms with Crippen LogP contribution in [0.4, 0.5) is 13.2 Å². The monoisotopic (exact) mass is 404 g/mol. The Bertz CT molecular complexity index is 443. The quantitative estimate of drug-likeness (QED) is 0.401. The van der Waals surface area contributed by atoms with Gasteiger partial charge in [0.05, 0.1) is 3.72 Å². The molecule has 0 saturated heterocycles. The summed E-state index contributed by atoms with van der Waals surface area (Å²) >= 11 is 1.58.